The van der Waals surface area contributed by atoms with Gasteiger partial charge in [0.05, 0.1) is 0 Å². The van der Waals surface area contributed by atoms with Gasteiger partial charge >= 0.3 is 0 Å². The van der Waals surface area contributed by atoms with Gasteiger partial charge in [0.1, 0.15) is 6.04 Å². The molecule has 112 valence electrons. The molecule has 1 rings (SSSR count). The van der Waals surface area contributed by atoms with Crippen LogP contribution in [0.2, 0.25) is 0 Å². The molecule has 1 amide bonds. The summed E-state index contributed by atoms with van der Waals surface area (Å²) < 4.78 is 28.5. The standard InChI is InChI=1S/C12H25N3O3S/c1-3-9-15(10-4-2)19(17,18)14-11-7-5-6-8-13-12(11)16/h11,14H,3-10H2,1-2H3,(H,13,16). The average Bonchev–Trinajstić information content (AvgIpc) is 2.54. The summed E-state index contributed by atoms with van der Waals surface area (Å²) in [5.41, 5.74) is 0. The predicted octanol–water partition coefficient (Wildman–Crippen LogP) is 0.611. The molecule has 1 aliphatic rings. The molecule has 1 atom stereocenters. The largest absolute Gasteiger partial charge is 0.355 e. The first-order chi connectivity index (χ1) is 9.01. The predicted molar refractivity (Wildman–Crippen MR) is 74.9 cm³/mol. The highest BCUT2D eigenvalue weighted by atomic mass is 32.2. The lowest BCUT2D eigenvalue weighted by molar-refractivity contribution is -0.122. The van der Waals surface area contributed by atoms with E-state index in [1.165, 1.54) is 4.31 Å². The van der Waals surface area contributed by atoms with Crippen LogP contribution in [0.4, 0.5) is 0 Å². The highest BCUT2D eigenvalue weighted by Gasteiger charge is 2.29. The molecule has 6 nitrogen and oxygen atoms in total. The number of amides is 1. The van der Waals surface area contributed by atoms with Crippen molar-refractivity contribution in [3.63, 3.8) is 0 Å². The van der Waals surface area contributed by atoms with E-state index in [4.69, 9.17) is 0 Å². The molecule has 0 bridgehead atoms. The second-order valence-corrected chi connectivity index (χ2v) is 6.56. The third-order valence-electron chi connectivity index (χ3n) is 3.11. The molecule has 7 heteroatoms. The van der Waals surface area contributed by atoms with Gasteiger partial charge in [-0.1, -0.05) is 13.8 Å². The van der Waals surface area contributed by atoms with E-state index < -0.39 is 16.3 Å². The first kappa shape index (κ1) is 16.4. The first-order valence-corrected chi connectivity index (χ1v) is 8.50. The van der Waals surface area contributed by atoms with Crippen LogP contribution < -0.4 is 10.0 Å². The van der Waals surface area contributed by atoms with E-state index in [0.717, 1.165) is 25.7 Å². The molecule has 0 aliphatic carbocycles. The van der Waals surface area contributed by atoms with Crippen LogP contribution in [0.3, 0.4) is 0 Å². The van der Waals surface area contributed by atoms with Crippen LogP contribution >= 0.6 is 0 Å². The highest BCUT2D eigenvalue weighted by Crippen LogP contribution is 2.09. The van der Waals surface area contributed by atoms with Gasteiger partial charge in [-0.15, -0.1) is 0 Å². The Labute approximate surface area is 116 Å². The van der Waals surface area contributed by atoms with Crippen molar-refractivity contribution in [2.45, 2.75) is 52.0 Å². The van der Waals surface area contributed by atoms with Gasteiger partial charge in [-0.3, -0.25) is 4.79 Å². The molecule has 0 radical (unpaired) electrons. The number of nitrogens with zero attached hydrogens (tertiary/aromatic N) is 1. The van der Waals surface area contributed by atoms with E-state index >= 15 is 0 Å². The Morgan fingerprint density at radius 3 is 2.47 bits per heavy atom. The third kappa shape index (κ3) is 5.08. The molecule has 0 saturated carbocycles. The summed E-state index contributed by atoms with van der Waals surface area (Å²) in [5.74, 6) is -0.214. The van der Waals surface area contributed by atoms with Crippen molar-refractivity contribution >= 4 is 16.1 Å². The van der Waals surface area contributed by atoms with Gasteiger partial charge < -0.3 is 5.32 Å². The van der Waals surface area contributed by atoms with Crippen LogP contribution in [0.1, 0.15) is 46.0 Å². The van der Waals surface area contributed by atoms with Gasteiger partial charge in [0.15, 0.2) is 0 Å². The molecular weight excluding hydrogens is 266 g/mol. The van der Waals surface area contributed by atoms with Crippen molar-refractivity contribution in [1.29, 1.82) is 0 Å². The minimum absolute atomic E-state index is 0.214. The fourth-order valence-corrected chi connectivity index (χ4v) is 3.74. The maximum Gasteiger partial charge on any atom is 0.280 e. The normalized spacial score (nSPS) is 21.2. The molecule has 1 saturated heterocycles. The summed E-state index contributed by atoms with van der Waals surface area (Å²) in [6.45, 7) is 5.48. The maximum atomic E-state index is 12.3. The monoisotopic (exact) mass is 291 g/mol. The van der Waals surface area contributed by atoms with E-state index in [-0.39, 0.29) is 5.91 Å². The summed E-state index contributed by atoms with van der Waals surface area (Å²) >= 11 is 0. The van der Waals surface area contributed by atoms with E-state index in [1.807, 2.05) is 13.8 Å². The van der Waals surface area contributed by atoms with Gasteiger partial charge in [-0.05, 0) is 32.1 Å². The minimum atomic E-state index is -3.57. The summed E-state index contributed by atoms with van der Waals surface area (Å²) in [6, 6.07) is -0.635. The molecule has 19 heavy (non-hydrogen) atoms. The second kappa shape index (κ2) is 7.81. The number of nitrogens with one attached hydrogen (secondary N) is 2. The van der Waals surface area contributed by atoms with Crippen molar-refractivity contribution < 1.29 is 13.2 Å². The van der Waals surface area contributed by atoms with Gasteiger partial charge in [0, 0.05) is 19.6 Å². The summed E-state index contributed by atoms with van der Waals surface area (Å²) in [5, 5.41) is 2.74. The van der Waals surface area contributed by atoms with Crippen LogP contribution in [0.15, 0.2) is 0 Å². The van der Waals surface area contributed by atoms with Crippen LogP contribution in [-0.2, 0) is 15.0 Å². The van der Waals surface area contributed by atoms with Crippen molar-refractivity contribution in [3.05, 3.63) is 0 Å². The lowest BCUT2D eigenvalue weighted by atomic mass is 10.1. The van der Waals surface area contributed by atoms with Crippen LogP contribution in [0.5, 0.6) is 0 Å². The number of carbonyl (C=O) groups excluding carboxylic acids is 1. The van der Waals surface area contributed by atoms with E-state index in [0.29, 0.717) is 26.1 Å². The Morgan fingerprint density at radius 2 is 1.89 bits per heavy atom. The SMILES string of the molecule is CCCN(CCC)S(=O)(=O)NC1CCCCNC1=O. The summed E-state index contributed by atoms with van der Waals surface area (Å²) in [4.78, 5) is 11.8. The van der Waals surface area contributed by atoms with E-state index in [2.05, 4.69) is 10.0 Å². The molecular formula is C12H25N3O3S. The Bertz CT molecular complexity index is 378. The average molecular weight is 291 g/mol. The Hall–Kier alpha value is -0.660. The zero-order chi connectivity index (χ0) is 14.3. The van der Waals surface area contributed by atoms with E-state index in [9.17, 15) is 13.2 Å². The summed E-state index contributed by atoms with van der Waals surface area (Å²) in [6.07, 6.45) is 3.85. The van der Waals surface area contributed by atoms with Crippen molar-refractivity contribution in [2.75, 3.05) is 19.6 Å². The molecule has 0 aromatic heterocycles. The molecule has 1 aliphatic heterocycles. The molecule has 1 heterocycles. The molecule has 2 N–H and O–H groups in total. The molecule has 0 spiro atoms. The maximum absolute atomic E-state index is 12.3. The van der Waals surface area contributed by atoms with Crippen molar-refractivity contribution in [2.24, 2.45) is 0 Å². The van der Waals surface area contributed by atoms with Gasteiger partial charge in [0.25, 0.3) is 10.2 Å². The molecule has 1 unspecified atom stereocenters. The molecule has 1 fully saturated rings. The Balaban J connectivity index is 2.72. The van der Waals surface area contributed by atoms with Crippen LogP contribution in [0, 0.1) is 0 Å². The zero-order valence-corrected chi connectivity index (χ0v) is 12.6. The quantitative estimate of drug-likeness (QED) is 0.721. The Kier molecular flexibility index (Phi) is 6.74. The van der Waals surface area contributed by atoms with Gasteiger partial charge in [0.2, 0.25) is 5.91 Å². The fraction of sp³-hybridized carbons (Fsp3) is 0.917. The minimum Gasteiger partial charge on any atom is -0.355 e. The van der Waals surface area contributed by atoms with Gasteiger partial charge in [-0.2, -0.15) is 17.4 Å². The Morgan fingerprint density at radius 1 is 1.26 bits per heavy atom. The summed E-state index contributed by atoms with van der Waals surface area (Å²) in [7, 11) is -3.57. The number of hydrogen-bond donors (Lipinski definition) is 2. The van der Waals surface area contributed by atoms with Crippen molar-refractivity contribution in [3.8, 4) is 0 Å². The van der Waals surface area contributed by atoms with Gasteiger partial charge in [-0.25, -0.2) is 0 Å². The first-order valence-electron chi connectivity index (χ1n) is 7.06. The van der Waals surface area contributed by atoms with Crippen LogP contribution in [-0.4, -0.2) is 44.3 Å². The second-order valence-electron chi connectivity index (χ2n) is 4.86. The zero-order valence-electron chi connectivity index (χ0n) is 11.8. The molecule has 0 aromatic carbocycles. The van der Waals surface area contributed by atoms with E-state index in [1.54, 1.807) is 0 Å². The topological polar surface area (TPSA) is 78.5 Å². The van der Waals surface area contributed by atoms with Crippen molar-refractivity contribution in [1.82, 2.24) is 14.3 Å². The number of rotatable bonds is 7. The lowest BCUT2D eigenvalue weighted by Crippen LogP contribution is -2.51. The smallest absolute Gasteiger partial charge is 0.280 e. The molecule has 0 aromatic rings. The number of carbonyl (C=O) groups is 1. The third-order valence-corrected chi connectivity index (χ3v) is 4.74. The lowest BCUT2D eigenvalue weighted by Gasteiger charge is -2.24. The highest BCUT2D eigenvalue weighted by molar-refractivity contribution is 7.87. The number of hydrogen-bond acceptors (Lipinski definition) is 3. The fourth-order valence-electron chi connectivity index (χ4n) is 2.16. The van der Waals surface area contributed by atoms with Crippen LogP contribution in [0.25, 0.3) is 0 Å².